The van der Waals surface area contributed by atoms with Crippen LogP contribution in [0.3, 0.4) is 0 Å². The van der Waals surface area contributed by atoms with Crippen LogP contribution < -0.4 is 40.2 Å². The Morgan fingerprint density at radius 2 is 0.978 bits per heavy atom. The zero-order valence-corrected chi connectivity index (χ0v) is 51.6. The molecule has 4 unspecified atom stereocenters. The summed E-state index contributed by atoms with van der Waals surface area (Å²) in [6.45, 7) is 12.2. The molecule has 5 N–H and O–H groups in total. The van der Waals surface area contributed by atoms with Crippen LogP contribution in [0, 0.1) is 34.9 Å². The largest absolute Gasteiger partial charge is 0.485 e. The summed E-state index contributed by atoms with van der Waals surface area (Å²) in [6.07, 6.45) is -5.19. The first kappa shape index (κ1) is 69.2. The minimum absolute atomic E-state index is 0.0239. The van der Waals surface area contributed by atoms with Gasteiger partial charge in [0.1, 0.15) is 36.1 Å². The standard InChI is InChI=1S/C31H36F3N3O8S.C29H32F3N3O8S/c1-5-42-29(40)25-16-43-24-10-17(6-7-23(24)44-25)15-35-27(39)28-37(8-9-46-28)26(38)13-19(36-30(41)45-31(2,3)4)11-18-12-21(33)22(34)14-20(18)32;1-29(2,3)43-28(40)34-17(9-16-10-19(31)20(32)12-18(16)30)11-24(36)35-6-7-44-26(35)25(37)33-13-15-4-5-21-22(8-15)41-14-23(42-21)27(38)39/h6-7,10,12,14,19,25,28H,5,8-9,11,13,15-16H2,1-4H3,(H,35,39)(H,36,41);4-5,8,10,12,17,23,26H,6-7,9,11,13-14H2,1-3H3,(H,33,37)(H,34,40)(H,38,39)/t19-,25?,28?;17-,23?,26?/m11/s1. The number of nitrogens with zero attached hydrogens (tertiary/aromatic N) is 2. The van der Waals surface area contributed by atoms with E-state index in [0.29, 0.717) is 64.1 Å². The van der Waals surface area contributed by atoms with E-state index in [1.165, 1.54) is 33.3 Å². The Morgan fingerprint density at radius 1 is 0.578 bits per heavy atom. The van der Waals surface area contributed by atoms with Crippen LogP contribution in [0.5, 0.6) is 23.0 Å². The second-order valence-electron chi connectivity index (χ2n) is 22.8. The summed E-state index contributed by atoms with van der Waals surface area (Å²) < 4.78 is 121. The predicted octanol–water partition coefficient (Wildman–Crippen LogP) is 7.22. The lowest BCUT2D eigenvalue weighted by atomic mass is 10.0. The van der Waals surface area contributed by atoms with Crippen LogP contribution in [0.1, 0.15) is 83.6 Å². The average molecular weight is 1310 g/mol. The van der Waals surface area contributed by atoms with Gasteiger partial charge in [-0.1, -0.05) is 12.1 Å². The van der Waals surface area contributed by atoms with Gasteiger partial charge in [0.05, 0.1) is 6.61 Å². The fraction of sp³-hybridized carbons (Fsp3) is 0.467. The summed E-state index contributed by atoms with van der Waals surface area (Å²) in [5.41, 5.74) is -0.914. The molecule has 0 radical (unpaired) electrons. The molecule has 4 aliphatic rings. The van der Waals surface area contributed by atoms with Crippen LogP contribution in [0.25, 0.3) is 0 Å². The summed E-state index contributed by atoms with van der Waals surface area (Å²) in [5, 5.41) is 17.9. The average Bonchev–Trinajstić information content (AvgIpc) is 1.56. The normalized spacial score (nSPS) is 18.2. The number of thioether (sulfide) groups is 2. The first-order chi connectivity index (χ1) is 42.4. The monoisotopic (exact) mass is 1310 g/mol. The van der Waals surface area contributed by atoms with Crippen molar-refractivity contribution in [1.29, 1.82) is 0 Å². The number of amides is 6. The van der Waals surface area contributed by atoms with E-state index in [1.807, 2.05) is 0 Å². The number of alkyl carbamates (subject to hydrolysis) is 2. The van der Waals surface area contributed by atoms with E-state index in [9.17, 15) is 64.7 Å². The van der Waals surface area contributed by atoms with E-state index in [2.05, 4.69) is 21.3 Å². The van der Waals surface area contributed by atoms with Crippen molar-refractivity contribution >= 4 is 71.3 Å². The molecule has 6 amide bonds. The van der Waals surface area contributed by atoms with Crippen LogP contribution in [0.15, 0.2) is 60.7 Å². The number of hydrogen-bond acceptors (Lipinski definition) is 17. The zero-order valence-electron chi connectivity index (χ0n) is 50.0. The fourth-order valence-electron chi connectivity index (χ4n) is 9.29. The lowest BCUT2D eigenvalue weighted by molar-refractivity contribution is -0.154. The molecule has 0 bridgehead atoms. The van der Waals surface area contributed by atoms with Crippen molar-refractivity contribution in [2.24, 2.45) is 0 Å². The molecule has 4 aromatic rings. The predicted molar refractivity (Wildman–Crippen MR) is 312 cm³/mol. The topological polar surface area (TPSA) is 276 Å². The smallest absolute Gasteiger partial charge is 0.407 e. The SMILES string of the molecule is CC(C)(C)OC(=O)N[C@@H](CC(=O)N1CCSC1C(=O)NCc1ccc2c(c1)OCC(C(=O)O)O2)Cc1cc(F)c(F)cc1F.CCOC(=O)C1COc2cc(CNC(=O)C3SCCN3C(=O)C[C@@H](Cc3cc(F)c(F)cc3F)NC(=O)OC(C)(C)C)ccc2O1. The second kappa shape index (κ2) is 30.5. The molecule has 2 saturated heterocycles. The highest BCUT2D eigenvalue weighted by Crippen LogP contribution is 2.35. The zero-order chi connectivity index (χ0) is 65.8. The minimum atomic E-state index is -1.37. The number of carbonyl (C=O) groups is 8. The molecule has 22 nitrogen and oxygen atoms in total. The Balaban J connectivity index is 0.000000256. The molecule has 488 valence electrons. The number of benzene rings is 4. The van der Waals surface area contributed by atoms with E-state index >= 15 is 0 Å². The highest BCUT2D eigenvalue weighted by molar-refractivity contribution is 8.01. The van der Waals surface area contributed by atoms with Crippen molar-refractivity contribution in [3.05, 3.63) is 118 Å². The number of halogens is 6. The lowest BCUT2D eigenvalue weighted by Gasteiger charge is -2.27. The number of carboxylic acids is 1. The van der Waals surface area contributed by atoms with Gasteiger partial charge in [-0.2, -0.15) is 0 Å². The van der Waals surface area contributed by atoms with E-state index < -0.39 is 129 Å². The molecule has 4 aromatic carbocycles. The Bertz CT molecular complexity index is 3340. The third-order valence-corrected chi connectivity index (χ3v) is 15.8. The molecule has 90 heavy (non-hydrogen) atoms. The number of hydrogen-bond donors (Lipinski definition) is 5. The third-order valence-electron chi connectivity index (χ3n) is 13.4. The third kappa shape index (κ3) is 19.6. The van der Waals surface area contributed by atoms with E-state index in [0.717, 1.165) is 0 Å². The first-order valence-electron chi connectivity index (χ1n) is 28.3. The van der Waals surface area contributed by atoms with Gasteiger partial charge in [0.25, 0.3) is 11.8 Å². The maximum Gasteiger partial charge on any atom is 0.407 e. The Kier molecular flexibility index (Phi) is 23.4. The van der Waals surface area contributed by atoms with Crippen LogP contribution in [0.2, 0.25) is 0 Å². The summed E-state index contributed by atoms with van der Waals surface area (Å²) in [7, 11) is 0. The summed E-state index contributed by atoms with van der Waals surface area (Å²) in [5.74, 6) is -8.66. The van der Waals surface area contributed by atoms with Gasteiger partial charge >= 0.3 is 24.1 Å². The van der Waals surface area contributed by atoms with Gasteiger partial charge in [0, 0.05) is 74.7 Å². The molecule has 4 aliphatic heterocycles. The van der Waals surface area contributed by atoms with Gasteiger partial charge in [-0.15, -0.1) is 23.5 Å². The molecule has 2 fully saturated rings. The highest BCUT2D eigenvalue weighted by atomic mass is 32.2. The molecule has 0 spiro atoms. The fourth-order valence-corrected chi connectivity index (χ4v) is 11.6. The summed E-state index contributed by atoms with van der Waals surface area (Å²) in [6, 6.07) is 9.80. The van der Waals surface area contributed by atoms with Crippen LogP contribution in [-0.4, -0.2) is 153 Å². The van der Waals surface area contributed by atoms with Gasteiger partial charge < -0.3 is 69.3 Å². The number of esters is 1. The minimum Gasteiger partial charge on any atom is -0.485 e. The number of carbonyl (C=O) groups excluding carboxylic acids is 7. The van der Waals surface area contributed by atoms with E-state index in [4.69, 9.17) is 38.3 Å². The number of ether oxygens (including phenoxy) is 7. The van der Waals surface area contributed by atoms with Gasteiger partial charge in [0.15, 0.2) is 57.0 Å². The maximum absolute atomic E-state index is 14.5. The molecular formula is C60H68F6N6O16S2. The summed E-state index contributed by atoms with van der Waals surface area (Å²) >= 11 is 2.49. The molecule has 0 aromatic heterocycles. The van der Waals surface area contributed by atoms with Gasteiger partial charge in [0.2, 0.25) is 24.0 Å². The van der Waals surface area contributed by atoms with Crippen molar-refractivity contribution in [2.75, 3.05) is 44.4 Å². The Morgan fingerprint density at radius 3 is 1.38 bits per heavy atom. The number of aliphatic carboxylic acids is 1. The Labute approximate surface area is 522 Å². The summed E-state index contributed by atoms with van der Waals surface area (Å²) in [4.78, 5) is 104. The van der Waals surface area contributed by atoms with Gasteiger partial charge in [-0.3, -0.25) is 19.2 Å². The molecule has 0 aliphatic carbocycles. The number of carboxylic acid groups (broad SMARTS) is 1. The molecular weight excluding hydrogens is 1240 g/mol. The Hall–Kier alpha value is -8.28. The number of nitrogens with one attached hydrogen (secondary N) is 4. The maximum atomic E-state index is 14.5. The van der Waals surface area contributed by atoms with Crippen molar-refractivity contribution in [3.63, 3.8) is 0 Å². The highest BCUT2D eigenvalue weighted by Gasteiger charge is 2.39. The van der Waals surface area contributed by atoms with E-state index in [1.54, 1.807) is 84.9 Å². The molecule has 4 heterocycles. The second-order valence-corrected chi connectivity index (χ2v) is 25.1. The number of fused-ring (bicyclic) bond motifs is 2. The van der Waals surface area contributed by atoms with Crippen molar-refractivity contribution in [2.45, 2.75) is 133 Å². The quantitative estimate of drug-likeness (QED) is 0.0268. The van der Waals surface area contributed by atoms with Gasteiger partial charge in [-0.25, -0.2) is 45.5 Å². The molecule has 30 heteroatoms. The molecule has 0 saturated carbocycles. The van der Waals surface area contributed by atoms with Crippen molar-refractivity contribution in [1.82, 2.24) is 31.1 Å². The van der Waals surface area contributed by atoms with Crippen LogP contribution >= 0.6 is 23.5 Å². The van der Waals surface area contributed by atoms with E-state index in [-0.39, 0.29) is 88.6 Å². The van der Waals surface area contributed by atoms with Crippen LogP contribution in [-0.2, 0) is 68.9 Å². The number of rotatable bonds is 19. The molecule has 8 rings (SSSR count). The van der Waals surface area contributed by atoms with Gasteiger partial charge in [-0.05, 0) is 120 Å². The van der Waals surface area contributed by atoms with Crippen molar-refractivity contribution < 1.29 is 103 Å². The first-order valence-corrected chi connectivity index (χ1v) is 30.4. The van der Waals surface area contributed by atoms with Crippen molar-refractivity contribution in [3.8, 4) is 23.0 Å². The molecule has 6 atom stereocenters. The lowest BCUT2D eigenvalue weighted by Crippen LogP contribution is -2.48. The van der Waals surface area contributed by atoms with Crippen LogP contribution in [0.4, 0.5) is 35.9 Å².